The van der Waals surface area contributed by atoms with Crippen LogP contribution in [0.4, 0.5) is 4.39 Å². The Bertz CT molecular complexity index is 118. The van der Waals surface area contributed by atoms with Crippen molar-refractivity contribution in [1.82, 2.24) is 0 Å². The monoisotopic (exact) mass is 129 g/mol. The Morgan fingerprint density at radius 3 is 2.11 bits per heavy atom. The van der Waals surface area contributed by atoms with Gasteiger partial charge in [0.25, 0.3) is 0 Å². The van der Waals surface area contributed by atoms with Crippen LogP contribution in [0.15, 0.2) is 0 Å². The molecule has 0 aromatic rings. The van der Waals surface area contributed by atoms with E-state index in [9.17, 15) is 4.39 Å². The average Bonchev–Trinajstić information content (AvgIpc) is 1.64. The first-order valence-electron chi connectivity index (χ1n) is 2.95. The first-order chi connectivity index (χ1) is 3.98. The standard InChI is InChI=1S/C7H12FN/c1-7(2,3)6(8)5-9-4/h6H,5H2,1-3H3. The summed E-state index contributed by atoms with van der Waals surface area (Å²) in [5, 5.41) is 0. The molecule has 1 atom stereocenters. The van der Waals surface area contributed by atoms with Gasteiger partial charge >= 0.3 is 0 Å². The minimum absolute atomic E-state index is 0.0104. The first-order valence-corrected chi connectivity index (χ1v) is 2.95. The van der Waals surface area contributed by atoms with E-state index < -0.39 is 6.17 Å². The molecule has 0 N–H and O–H groups in total. The van der Waals surface area contributed by atoms with Gasteiger partial charge in [0.05, 0.1) is 0 Å². The highest BCUT2D eigenvalue weighted by Crippen LogP contribution is 2.21. The average molecular weight is 129 g/mol. The summed E-state index contributed by atoms with van der Waals surface area (Å²) < 4.78 is 12.7. The molecular formula is C7H12FN. The summed E-state index contributed by atoms with van der Waals surface area (Å²) in [7, 11) is 0. The van der Waals surface area contributed by atoms with E-state index in [1.165, 1.54) is 0 Å². The van der Waals surface area contributed by atoms with Crippen LogP contribution < -0.4 is 0 Å². The maximum Gasteiger partial charge on any atom is 0.245 e. The highest BCUT2D eigenvalue weighted by atomic mass is 19.1. The molecule has 0 aliphatic rings. The number of alkyl halides is 1. The fourth-order valence-electron chi connectivity index (χ4n) is 0.354. The van der Waals surface area contributed by atoms with E-state index >= 15 is 0 Å². The Balaban J connectivity index is 3.76. The summed E-state index contributed by atoms with van der Waals surface area (Å²) in [6.07, 6.45) is -0.991. The molecule has 0 heterocycles. The van der Waals surface area contributed by atoms with Crippen molar-refractivity contribution < 1.29 is 4.39 Å². The highest BCUT2D eigenvalue weighted by Gasteiger charge is 2.26. The summed E-state index contributed by atoms with van der Waals surface area (Å²) in [6.45, 7) is 11.8. The fraction of sp³-hybridized carbons (Fsp3) is 0.857. The highest BCUT2D eigenvalue weighted by molar-refractivity contribution is 4.79. The van der Waals surface area contributed by atoms with E-state index in [-0.39, 0.29) is 12.0 Å². The van der Waals surface area contributed by atoms with Gasteiger partial charge in [-0.05, 0) is 0 Å². The van der Waals surface area contributed by atoms with Crippen LogP contribution in [0, 0.1) is 12.0 Å². The van der Waals surface area contributed by atoms with Gasteiger partial charge in [-0.2, -0.15) is 0 Å². The van der Waals surface area contributed by atoms with E-state index in [2.05, 4.69) is 4.85 Å². The predicted molar refractivity (Wildman–Crippen MR) is 35.8 cm³/mol. The van der Waals surface area contributed by atoms with Gasteiger partial charge in [0.1, 0.15) is 0 Å². The molecule has 0 rings (SSSR count). The van der Waals surface area contributed by atoms with Crippen LogP contribution in [-0.2, 0) is 0 Å². The van der Waals surface area contributed by atoms with Gasteiger partial charge in [-0.3, -0.25) is 0 Å². The van der Waals surface area contributed by atoms with Crippen LogP contribution in [0.5, 0.6) is 0 Å². The summed E-state index contributed by atoms with van der Waals surface area (Å²) in [4.78, 5) is 2.98. The Hall–Kier alpha value is -0.580. The molecule has 52 valence electrons. The Labute approximate surface area is 55.7 Å². The van der Waals surface area contributed by atoms with Gasteiger partial charge in [-0.25, -0.2) is 11.0 Å². The maximum atomic E-state index is 12.7. The quantitative estimate of drug-likeness (QED) is 0.478. The lowest BCUT2D eigenvalue weighted by atomic mass is 9.90. The smallest absolute Gasteiger partial charge is 0.245 e. The van der Waals surface area contributed by atoms with Crippen molar-refractivity contribution in [3.8, 4) is 0 Å². The van der Waals surface area contributed by atoms with Crippen LogP contribution in [0.2, 0.25) is 0 Å². The molecule has 2 heteroatoms. The third-order valence-corrected chi connectivity index (χ3v) is 1.19. The number of hydrogen-bond donors (Lipinski definition) is 0. The van der Waals surface area contributed by atoms with Crippen molar-refractivity contribution >= 4 is 0 Å². The van der Waals surface area contributed by atoms with Crippen molar-refractivity contribution in [2.24, 2.45) is 5.41 Å². The van der Waals surface area contributed by atoms with E-state index in [4.69, 9.17) is 6.57 Å². The molecule has 0 aliphatic heterocycles. The SMILES string of the molecule is [C-]#[N+]CC(F)C(C)(C)C. The number of rotatable bonds is 1. The van der Waals surface area contributed by atoms with Crippen molar-refractivity contribution in [3.05, 3.63) is 11.4 Å². The largest absolute Gasteiger partial charge is 0.314 e. The first kappa shape index (κ1) is 8.42. The van der Waals surface area contributed by atoms with Gasteiger partial charge < -0.3 is 4.85 Å². The lowest BCUT2D eigenvalue weighted by Crippen LogP contribution is -2.23. The molecular weight excluding hydrogens is 117 g/mol. The molecule has 0 aromatic heterocycles. The normalized spacial score (nSPS) is 14.6. The van der Waals surface area contributed by atoms with Crippen LogP contribution in [0.3, 0.4) is 0 Å². The molecule has 0 bridgehead atoms. The molecule has 0 spiro atoms. The Morgan fingerprint density at radius 2 is 2.00 bits per heavy atom. The van der Waals surface area contributed by atoms with Gasteiger partial charge in [-0.15, -0.1) is 0 Å². The molecule has 0 amide bonds. The third-order valence-electron chi connectivity index (χ3n) is 1.19. The van der Waals surface area contributed by atoms with Gasteiger partial charge in [0.2, 0.25) is 6.54 Å². The zero-order chi connectivity index (χ0) is 7.49. The van der Waals surface area contributed by atoms with Gasteiger partial charge in [-0.1, -0.05) is 20.8 Å². The minimum atomic E-state index is -0.991. The van der Waals surface area contributed by atoms with Crippen molar-refractivity contribution in [2.75, 3.05) is 6.54 Å². The van der Waals surface area contributed by atoms with Crippen LogP contribution in [0.25, 0.3) is 4.85 Å². The molecule has 0 saturated heterocycles. The molecule has 1 nitrogen and oxygen atoms in total. The third kappa shape index (κ3) is 3.07. The second-order valence-electron chi connectivity index (χ2n) is 3.17. The second-order valence-corrected chi connectivity index (χ2v) is 3.17. The Morgan fingerprint density at radius 1 is 1.56 bits per heavy atom. The summed E-state index contributed by atoms with van der Waals surface area (Å²) in [5.41, 5.74) is -0.370. The summed E-state index contributed by atoms with van der Waals surface area (Å²) >= 11 is 0. The molecule has 9 heavy (non-hydrogen) atoms. The topological polar surface area (TPSA) is 4.36 Å². The van der Waals surface area contributed by atoms with Crippen molar-refractivity contribution in [1.29, 1.82) is 0 Å². The molecule has 1 unspecified atom stereocenters. The number of halogens is 1. The van der Waals surface area contributed by atoms with Crippen molar-refractivity contribution in [2.45, 2.75) is 26.9 Å². The lowest BCUT2D eigenvalue weighted by Gasteiger charge is -2.18. The lowest BCUT2D eigenvalue weighted by molar-refractivity contribution is 0.178. The summed E-state index contributed by atoms with van der Waals surface area (Å²) in [5.74, 6) is 0. The predicted octanol–water partition coefficient (Wildman–Crippen LogP) is 2.29. The molecule has 0 aromatic carbocycles. The Kier molecular flexibility index (Phi) is 2.64. The second kappa shape index (κ2) is 2.82. The number of hydrogen-bond acceptors (Lipinski definition) is 0. The molecule has 0 radical (unpaired) electrons. The van der Waals surface area contributed by atoms with Crippen LogP contribution in [0.1, 0.15) is 20.8 Å². The van der Waals surface area contributed by atoms with E-state index in [0.29, 0.717) is 0 Å². The van der Waals surface area contributed by atoms with E-state index in [0.717, 1.165) is 0 Å². The number of nitrogens with zero attached hydrogens (tertiary/aromatic N) is 1. The zero-order valence-corrected chi connectivity index (χ0v) is 6.11. The minimum Gasteiger partial charge on any atom is -0.314 e. The zero-order valence-electron chi connectivity index (χ0n) is 6.11. The van der Waals surface area contributed by atoms with Crippen LogP contribution in [-0.4, -0.2) is 12.7 Å². The van der Waals surface area contributed by atoms with E-state index in [1.807, 2.05) is 0 Å². The van der Waals surface area contributed by atoms with Crippen LogP contribution >= 0.6 is 0 Å². The fourth-order valence-corrected chi connectivity index (χ4v) is 0.354. The maximum absolute atomic E-state index is 12.7. The van der Waals surface area contributed by atoms with Crippen molar-refractivity contribution in [3.63, 3.8) is 0 Å². The van der Waals surface area contributed by atoms with Gasteiger partial charge in [0, 0.05) is 5.41 Å². The molecule has 0 fully saturated rings. The van der Waals surface area contributed by atoms with Gasteiger partial charge in [0.15, 0.2) is 6.17 Å². The molecule has 0 aliphatic carbocycles. The molecule has 0 saturated carbocycles. The van der Waals surface area contributed by atoms with E-state index in [1.54, 1.807) is 20.8 Å². The summed E-state index contributed by atoms with van der Waals surface area (Å²) in [6, 6.07) is 0.